The van der Waals surface area contributed by atoms with E-state index in [2.05, 4.69) is 34.1 Å². The van der Waals surface area contributed by atoms with Crippen LogP contribution in [0.25, 0.3) is 0 Å². The average molecular weight is 557 g/mol. The van der Waals surface area contributed by atoms with E-state index in [0.29, 0.717) is 11.8 Å². The summed E-state index contributed by atoms with van der Waals surface area (Å²) >= 11 is 0. The van der Waals surface area contributed by atoms with Gasteiger partial charge in [-0.15, -0.1) is 0 Å². The number of benzene rings is 2. The molecular formula is C32H48N2O6. The molecule has 0 aromatic heterocycles. The molecule has 222 valence electrons. The van der Waals surface area contributed by atoms with Crippen LogP contribution in [0.1, 0.15) is 24.0 Å². The van der Waals surface area contributed by atoms with Crippen LogP contribution in [0.3, 0.4) is 0 Å². The van der Waals surface area contributed by atoms with E-state index in [0.717, 1.165) is 108 Å². The summed E-state index contributed by atoms with van der Waals surface area (Å²) in [7, 11) is 6.79. The van der Waals surface area contributed by atoms with E-state index in [1.807, 2.05) is 12.1 Å². The topological polar surface area (TPSA) is 61.9 Å². The van der Waals surface area contributed by atoms with E-state index in [1.165, 1.54) is 17.5 Å². The van der Waals surface area contributed by atoms with E-state index in [1.54, 1.807) is 28.4 Å². The van der Waals surface area contributed by atoms with Gasteiger partial charge in [-0.25, -0.2) is 0 Å². The van der Waals surface area contributed by atoms with Crippen molar-refractivity contribution in [2.24, 2.45) is 11.8 Å². The summed E-state index contributed by atoms with van der Waals surface area (Å²) in [6.07, 6.45) is 4.30. The number of ether oxygens (including phenoxy) is 6. The van der Waals surface area contributed by atoms with E-state index in [-0.39, 0.29) is 0 Å². The SMILES string of the molecule is COc1ccc(C[C@H](CN2CCOCC2)[C@@H](CCCN2CCOCC2)Cc2ccc(OC)c(OC)c2)cc1OC. The largest absolute Gasteiger partial charge is 0.493 e. The third-order valence-corrected chi connectivity index (χ3v) is 8.31. The summed E-state index contributed by atoms with van der Waals surface area (Å²) in [4.78, 5) is 5.13. The van der Waals surface area contributed by atoms with Gasteiger partial charge in [-0.05, 0) is 79.5 Å². The number of hydrogen-bond acceptors (Lipinski definition) is 8. The van der Waals surface area contributed by atoms with Gasteiger partial charge in [0, 0.05) is 32.7 Å². The van der Waals surface area contributed by atoms with Crippen molar-refractivity contribution in [3.05, 3.63) is 47.5 Å². The zero-order chi connectivity index (χ0) is 28.2. The second-order valence-electron chi connectivity index (χ2n) is 10.8. The lowest BCUT2D eigenvalue weighted by Crippen LogP contribution is -2.42. The van der Waals surface area contributed by atoms with Crippen molar-refractivity contribution in [2.75, 3.05) is 94.1 Å². The molecule has 8 heteroatoms. The molecule has 2 atom stereocenters. The first-order valence-corrected chi connectivity index (χ1v) is 14.7. The Bertz CT molecular complexity index is 1020. The third kappa shape index (κ3) is 8.74. The van der Waals surface area contributed by atoms with Gasteiger partial charge in [0.15, 0.2) is 23.0 Å². The molecule has 4 rings (SSSR count). The first kappa shape index (κ1) is 30.4. The molecule has 2 aliphatic rings. The number of rotatable bonds is 15. The highest BCUT2D eigenvalue weighted by molar-refractivity contribution is 5.44. The van der Waals surface area contributed by atoms with Gasteiger partial charge in [-0.1, -0.05) is 12.1 Å². The minimum absolute atomic E-state index is 0.467. The Kier molecular flexibility index (Phi) is 12.2. The Morgan fingerprint density at radius 3 is 1.60 bits per heavy atom. The lowest BCUT2D eigenvalue weighted by atomic mass is 9.79. The summed E-state index contributed by atoms with van der Waals surface area (Å²) < 4.78 is 33.6. The first-order valence-electron chi connectivity index (χ1n) is 14.7. The smallest absolute Gasteiger partial charge is 0.160 e. The van der Waals surface area contributed by atoms with Crippen molar-refractivity contribution in [3.8, 4) is 23.0 Å². The second kappa shape index (κ2) is 16.1. The highest BCUT2D eigenvalue weighted by atomic mass is 16.5. The highest BCUT2D eigenvalue weighted by Crippen LogP contribution is 2.34. The quantitative estimate of drug-likeness (QED) is 0.324. The van der Waals surface area contributed by atoms with Crippen LogP contribution < -0.4 is 18.9 Å². The molecule has 0 saturated carbocycles. The van der Waals surface area contributed by atoms with Crippen molar-refractivity contribution in [3.63, 3.8) is 0 Å². The van der Waals surface area contributed by atoms with Crippen LogP contribution in [0, 0.1) is 11.8 Å². The molecule has 2 fully saturated rings. The fourth-order valence-corrected chi connectivity index (χ4v) is 6.02. The van der Waals surface area contributed by atoms with Gasteiger partial charge >= 0.3 is 0 Å². The maximum atomic E-state index is 5.68. The molecular weight excluding hydrogens is 508 g/mol. The van der Waals surface area contributed by atoms with Crippen LogP contribution >= 0.6 is 0 Å². The normalized spacial score (nSPS) is 18.2. The van der Waals surface area contributed by atoms with Crippen LogP contribution in [0.15, 0.2) is 36.4 Å². The van der Waals surface area contributed by atoms with E-state index in [9.17, 15) is 0 Å². The summed E-state index contributed by atoms with van der Waals surface area (Å²) in [5.41, 5.74) is 2.56. The molecule has 2 aromatic rings. The fraction of sp³-hybridized carbons (Fsp3) is 0.625. The zero-order valence-electron chi connectivity index (χ0n) is 24.9. The van der Waals surface area contributed by atoms with Crippen molar-refractivity contribution in [1.82, 2.24) is 9.80 Å². The maximum absolute atomic E-state index is 5.68. The van der Waals surface area contributed by atoms with Gasteiger partial charge in [0.05, 0.1) is 54.9 Å². The van der Waals surface area contributed by atoms with E-state index < -0.39 is 0 Å². The Labute approximate surface area is 240 Å². The Morgan fingerprint density at radius 1 is 0.625 bits per heavy atom. The zero-order valence-corrected chi connectivity index (χ0v) is 24.9. The van der Waals surface area contributed by atoms with Crippen LogP contribution in [-0.2, 0) is 22.3 Å². The second-order valence-corrected chi connectivity index (χ2v) is 10.8. The summed E-state index contributed by atoms with van der Waals surface area (Å²) in [6.45, 7) is 9.49. The Balaban J connectivity index is 1.58. The van der Waals surface area contributed by atoms with Gasteiger partial charge < -0.3 is 28.4 Å². The fourth-order valence-electron chi connectivity index (χ4n) is 6.02. The molecule has 2 aliphatic heterocycles. The first-order chi connectivity index (χ1) is 19.6. The van der Waals surface area contributed by atoms with Gasteiger partial charge in [0.1, 0.15) is 0 Å². The van der Waals surface area contributed by atoms with Crippen molar-refractivity contribution in [2.45, 2.75) is 25.7 Å². The molecule has 2 saturated heterocycles. The molecule has 40 heavy (non-hydrogen) atoms. The lowest BCUT2D eigenvalue weighted by molar-refractivity contribution is 0.0237. The van der Waals surface area contributed by atoms with Gasteiger partial charge in [-0.2, -0.15) is 0 Å². The molecule has 8 nitrogen and oxygen atoms in total. The number of nitrogens with zero attached hydrogens (tertiary/aromatic N) is 2. The van der Waals surface area contributed by atoms with Crippen LogP contribution in [0.4, 0.5) is 0 Å². The molecule has 0 radical (unpaired) electrons. The Hall–Kier alpha value is -2.52. The Morgan fingerprint density at radius 2 is 1.10 bits per heavy atom. The van der Waals surface area contributed by atoms with E-state index >= 15 is 0 Å². The predicted octanol–water partition coefficient (Wildman–Crippen LogP) is 4.18. The van der Waals surface area contributed by atoms with Crippen molar-refractivity contribution in [1.29, 1.82) is 0 Å². The molecule has 0 amide bonds. The molecule has 0 aliphatic carbocycles. The maximum Gasteiger partial charge on any atom is 0.160 e. The number of hydrogen-bond donors (Lipinski definition) is 0. The van der Waals surface area contributed by atoms with Crippen molar-refractivity contribution < 1.29 is 28.4 Å². The molecule has 0 unspecified atom stereocenters. The minimum atomic E-state index is 0.467. The van der Waals surface area contributed by atoms with E-state index in [4.69, 9.17) is 28.4 Å². The summed E-state index contributed by atoms with van der Waals surface area (Å²) in [5, 5.41) is 0. The monoisotopic (exact) mass is 556 g/mol. The molecule has 2 heterocycles. The molecule has 0 N–H and O–H groups in total. The predicted molar refractivity (Wildman–Crippen MR) is 157 cm³/mol. The van der Waals surface area contributed by atoms with Gasteiger partial charge in [-0.3, -0.25) is 9.80 Å². The number of methoxy groups -OCH3 is 4. The van der Waals surface area contributed by atoms with Gasteiger partial charge in [0.25, 0.3) is 0 Å². The summed E-state index contributed by atoms with van der Waals surface area (Å²) in [6, 6.07) is 12.7. The highest BCUT2D eigenvalue weighted by Gasteiger charge is 2.27. The number of morpholine rings is 2. The molecule has 0 spiro atoms. The lowest BCUT2D eigenvalue weighted by Gasteiger charge is -2.35. The molecule has 2 aromatic carbocycles. The van der Waals surface area contributed by atoms with Crippen LogP contribution in [0.2, 0.25) is 0 Å². The van der Waals surface area contributed by atoms with Crippen LogP contribution in [0.5, 0.6) is 23.0 Å². The van der Waals surface area contributed by atoms with Crippen molar-refractivity contribution >= 4 is 0 Å². The standard InChI is InChI=1S/C32H48N2O6/c1-35-29-9-7-25(22-31(29)37-3)20-27(6-5-11-33-12-16-39-17-13-33)28(24-34-14-18-40-19-15-34)21-26-8-10-30(36-2)32(23-26)38-4/h7-10,22-23,27-28H,5-6,11-21,24H2,1-4H3/t27-,28+/m0/s1. The van der Waals surface area contributed by atoms with Crippen LogP contribution in [-0.4, -0.2) is 104 Å². The third-order valence-electron chi connectivity index (χ3n) is 8.31. The minimum Gasteiger partial charge on any atom is -0.493 e. The molecule has 0 bridgehead atoms. The average Bonchev–Trinajstić information content (AvgIpc) is 3.01. The van der Waals surface area contributed by atoms with Gasteiger partial charge in [0.2, 0.25) is 0 Å². The summed E-state index contributed by atoms with van der Waals surface area (Å²) in [5.74, 6) is 4.07.